The van der Waals surface area contributed by atoms with E-state index in [0.717, 1.165) is 33.6 Å². The lowest BCUT2D eigenvalue weighted by Crippen LogP contribution is -2.14. The van der Waals surface area contributed by atoms with Gasteiger partial charge < -0.3 is 9.47 Å². The number of nitrogens with zero attached hydrogens (tertiary/aromatic N) is 1. The molecule has 0 saturated carbocycles. The van der Waals surface area contributed by atoms with Gasteiger partial charge in [-0.15, -0.1) is 0 Å². The molecule has 0 bridgehead atoms. The van der Waals surface area contributed by atoms with Gasteiger partial charge in [-0.05, 0) is 60.0 Å². The minimum absolute atomic E-state index is 0.234. The lowest BCUT2D eigenvalue weighted by atomic mass is 9.91. The van der Waals surface area contributed by atoms with Gasteiger partial charge in [0.05, 0.1) is 0 Å². The van der Waals surface area contributed by atoms with Gasteiger partial charge in [-0.3, -0.25) is 9.78 Å². The van der Waals surface area contributed by atoms with Gasteiger partial charge in [-0.1, -0.05) is 24.3 Å². The first-order valence-electron chi connectivity index (χ1n) is 8.78. The Labute approximate surface area is 158 Å². The fourth-order valence-corrected chi connectivity index (χ4v) is 3.20. The van der Waals surface area contributed by atoms with E-state index < -0.39 is 0 Å². The van der Waals surface area contributed by atoms with Crippen molar-refractivity contribution >= 4 is 17.6 Å². The molecule has 2 heterocycles. The van der Waals surface area contributed by atoms with Crippen LogP contribution in [-0.4, -0.2) is 11.0 Å². The topological polar surface area (TPSA) is 48.4 Å². The van der Waals surface area contributed by atoms with Crippen LogP contribution >= 0.6 is 0 Å². The van der Waals surface area contributed by atoms with Crippen molar-refractivity contribution in [3.63, 3.8) is 0 Å². The maximum Gasteiger partial charge on any atom is 0.308 e. The molecule has 134 valence electrons. The molecule has 0 spiro atoms. The van der Waals surface area contributed by atoms with Crippen LogP contribution in [0.15, 0.2) is 67.0 Å². The molecule has 4 heteroatoms. The Hall–Kier alpha value is -3.40. The second-order valence-corrected chi connectivity index (χ2v) is 6.54. The number of hydrogen-bond donors (Lipinski definition) is 0. The maximum atomic E-state index is 11.1. The van der Waals surface area contributed by atoms with Crippen LogP contribution in [0.4, 0.5) is 0 Å². The first kappa shape index (κ1) is 17.0. The first-order chi connectivity index (χ1) is 13.1. The summed E-state index contributed by atoms with van der Waals surface area (Å²) < 4.78 is 11.5. The van der Waals surface area contributed by atoms with Crippen LogP contribution in [0.2, 0.25) is 0 Å². The molecule has 0 N–H and O–H groups in total. The average Bonchev–Trinajstić information content (AvgIpc) is 2.68. The van der Waals surface area contributed by atoms with Crippen molar-refractivity contribution < 1.29 is 14.3 Å². The lowest BCUT2D eigenvalue weighted by molar-refractivity contribution is -0.131. The summed E-state index contributed by atoms with van der Waals surface area (Å²) in [7, 11) is 0. The predicted octanol–water partition coefficient (Wildman–Crippen LogP) is 4.99. The van der Waals surface area contributed by atoms with Gasteiger partial charge in [0.15, 0.2) is 0 Å². The molecule has 1 atom stereocenters. The van der Waals surface area contributed by atoms with Crippen LogP contribution in [0.25, 0.3) is 11.6 Å². The van der Waals surface area contributed by atoms with E-state index >= 15 is 0 Å². The molecular formula is C23H19NO3. The Morgan fingerprint density at radius 2 is 1.78 bits per heavy atom. The van der Waals surface area contributed by atoms with Crippen LogP contribution < -0.4 is 9.47 Å². The average molecular weight is 357 g/mol. The van der Waals surface area contributed by atoms with E-state index in [0.29, 0.717) is 5.75 Å². The van der Waals surface area contributed by atoms with E-state index in [2.05, 4.69) is 36.2 Å². The van der Waals surface area contributed by atoms with Crippen LogP contribution in [0.3, 0.4) is 0 Å². The van der Waals surface area contributed by atoms with Gasteiger partial charge in [-0.2, -0.15) is 0 Å². The Kier molecular flexibility index (Phi) is 4.47. The monoisotopic (exact) mass is 357 g/mol. The van der Waals surface area contributed by atoms with E-state index in [1.807, 2.05) is 24.3 Å². The number of ether oxygens (including phenoxy) is 2. The van der Waals surface area contributed by atoms with E-state index in [1.165, 1.54) is 6.92 Å². The maximum absolute atomic E-state index is 11.1. The number of pyridine rings is 1. The quantitative estimate of drug-likeness (QED) is 0.489. The number of carbonyl (C=O) groups is 1. The predicted molar refractivity (Wildman–Crippen MR) is 104 cm³/mol. The molecule has 4 nitrogen and oxygen atoms in total. The molecule has 2 aromatic carbocycles. The Balaban J connectivity index is 1.78. The van der Waals surface area contributed by atoms with Gasteiger partial charge in [0, 0.05) is 30.5 Å². The summed E-state index contributed by atoms with van der Waals surface area (Å²) in [4.78, 5) is 15.3. The number of hydrogen-bond acceptors (Lipinski definition) is 4. The van der Waals surface area contributed by atoms with Crippen molar-refractivity contribution in [1.82, 2.24) is 4.98 Å². The molecule has 1 aliphatic heterocycles. The summed E-state index contributed by atoms with van der Waals surface area (Å²) in [5.41, 5.74) is 5.30. The Bertz CT molecular complexity index is 1010. The second kappa shape index (κ2) is 7.08. The zero-order valence-corrected chi connectivity index (χ0v) is 15.2. The highest BCUT2D eigenvalue weighted by atomic mass is 16.5. The van der Waals surface area contributed by atoms with Crippen molar-refractivity contribution in [2.75, 3.05) is 0 Å². The summed E-state index contributed by atoms with van der Waals surface area (Å²) in [6.07, 6.45) is 5.46. The van der Waals surface area contributed by atoms with Crippen LogP contribution in [0.1, 0.15) is 35.3 Å². The standard InChI is InChI=1S/C23H19NO3/c1-15-3-4-19-14-21(17-5-7-20(8-6-17)26-16(2)25)23(27-22(19)13-15)18-9-11-24-12-10-18/h3-14,23H,1-2H3. The summed E-state index contributed by atoms with van der Waals surface area (Å²) in [6.45, 7) is 3.45. The van der Waals surface area contributed by atoms with Gasteiger partial charge in [-0.25, -0.2) is 0 Å². The van der Waals surface area contributed by atoms with Crippen molar-refractivity contribution in [2.24, 2.45) is 0 Å². The van der Waals surface area contributed by atoms with Crippen molar-refractivity contribution in [3.8, 4) is 11.5 Å². The van der Waals surface area contributed by atoms with Gasteiger partial charge >= 0.3 is 5.97 Å². The van der Waals surface area contributed by atoms with Crippen LogP contribution in [0, 0.1) is 6.92 Å². The number of aryl methyl sites for hydroxylation is 1. The number of aromatic nitrogens is 1. The van der Waals surface area contributed by atoms with E-state index in [4.69, 9.17) is 9.47 Å². The van der Waals surface area contributed by atoms with Crippen LogP contribution in [0.5, 0.6) is 11.5 Å². The third kappa shape index (κ3) is 3.60. The summed E-state index contributed by atoms with van der Waals surface area (Å²) >= 11 is 0. The highest BCUT2D eigenvalue weighted by molar-refractivity contribution is 5.88. The Morgan fingerprint density at radius 3 is 2.48 bits per heavy atom. The molecule has 1 aromatic heterocycles. The molecular weight excluding hydrogens is 338 g/mol. The highest BCUT2D eigenvalue weighted by Crippen LogP contribution is 2.42. The van der Waals surface area contributed by atoms with E-state index in [-0.39, 0.29) is 12.1 Å². The summed E-state index contributed by atoms with van der Waals surface area (Å²) in [5.74, 6) is 1.07. The second-order valence-electron chi connectivity index (χ2n) is 6.54. The Morgan fingerprint density at radius 1 is 1.04 bits per heavy atom. The largest absolute Gasteiger partial charge is 0.480 e. The minimum Gasteiger partial charge on any atom is -0.480 e. The van der Waals surface area contributed by atoms with Crippen molar-refractivity contribution in [1.29, 1.82) is 0 Å². The summed E-state index contributed by atoms with van der Waals surface area (Å²) in [5, 5.41) is 0. The third-order valence-corrected chi connectivity index (χ3v) is 4.47. The first-order valence-corrected chi connectivity index (χ1v) is 8.78. The number of rotatable bonds is 3. The van der Waals surface area contributed by atoms with Gasteiger partial charge in [0.25, 0.3) is 0 Å². The SMILES string of the molecule is CC(=O)Oc1ccc(C2=Cc3ccc(C)cc3OC2c2ccncc2)cc1. The normalized spacial score (nSPS) is 15.3. The zero-order valence-electron chi connectivity index (χ0n) is 15.2. The highest BCUT2D eigenvalue weighted by Gasteiger charge is 2.25. The molecule has 0 fully saturated rings. The number of esters is 1. The fourth-order valence-electron chi connectivity index (χ4n) is 3.20. The van der Waals surface area contributed by atoms with Crippen LogP contribution in [-0.2, 0) is 4.79 Å². The molecule has 0 saturated heterocycles. The molecule has 27 heavy (non-hydrogen) atoms. The van der Waals surface area contributed by atoms with Gasteiger partial charge in [0.2, 0.25) is 0 Å². The van der Waals surface area contributed by atoms with Crippen molar-refractivity contribution in [3.05, 3.63) is 89.2 Å². The smallest absolute Gasteiger partial charge is 0.308 e. The minimum atomic E-state index is -0.332. The summed E-state index contributed by atoms with van der Waals surface area (Å²) in [6, 6.07) is 17.6. The fraction of sp³-hybridized carbons (Fsp3) is 0.130. The van der Waals surface area contributed by atoms with Crippen molar-refractivity contribution in [2.45, 2.75) is 20.0 Å². The number of fused-ring (bicyclic) bond motifs is 1. The lowest BCUT2D eigenvalue weighted by Gasteiger charge is -2.28. The zero-order chi connectivity index (χ0) is 18.8. The molecule has 0 amide bonds. The number of benzene rings is 2. The van der Waals surface area contributed by atoms with Gasteiger partial charge in [0.1, 0.15) is 17.6 Å². The van der Waals surface area contributed by atoms with E-state index in [1.54, 1.807) is 24.5 Å². The van der Waals surface area contributed by atoms with E-state index in [9.17, 15) is 4.79 Å². The molecule has 4 rings (SSSR count). The molecule has 1 unspecified atom stereocenters. The molecule has 0 aliphatic carbocycles. The number of carbonyl (C=O) groups excluding carboxylic acids is 1. The third-order valence-electron chi connectivity index (χ3n) is 4.47. The molecule has 3 aromatic rings. The molecule has 1 aliphatic rings. The molecule has 0 radical (unpaired) electrons.